The van der Waals surface area contributed by atoms with Crippen molar-refractivity contribution < 1.29 is 4.74 Å². The highest BCUT2D eigenvalue weighted by Gasteiger charge is 2.03. The van der Waals surface area contributed by atoms with Crippen molar-refractivity contribution in [1.82, 2.24) is 9.88 Å². The predicted molar refractivity (Wildman–Crippen MR) is 80.9 cm³/mol. The first-order valence-electron chi connectivity index (χ1n) is 7.15. The minimum Gasteiger partial charge on any atom is -0.494 e. The quantitative estimate of drug-likeness (QED) is 0.825. The standard InChI is InChI=1S/C16H24N2O/c1-4-11-19-15-5-6-16-14(12-15)7-9-18(16)10-8-17-13(2)3/h5-7,9,12-13,17H,4,8,10-11H2,1-3H3. The number of hydrogen-bond donors (Lipinski definition) is 1. The SMILES string of the molecule is CCCOc1ccc2c(ccn2CCNC(C)C)c1. The minimum atomic E-state index is 0.538. The van der Waals surface area contributed by atoms with Gasteiger partial charge in [-0.1, -0.05) is 20.8 Å². The van der Waals surface area contributed by atoms with Crippen molar-refractivity contribution in [2.24, 2.45) is 0 Å². The molecule has 19 heavy (non-hydrogen) atoms. The van der Waals surface area contributed by atoms with E-state index in [0.29, 0.717) is 6.04 Å². The average Bonchev–Trinajstić information content (AvgIpc) is 2.79. The first-order chi connectivity index (χ1) is 9.20. The Kier molecular flexibility index (Phi) is 4.86. The Labute approximate surface area is 115 Å². The van der Waals surface area contributed by atoms with Gasteiger partial charge in [0, 0.05) is 36.2 Å². The van der Waals surface area contributed by atoms with E-state index < -0.39 is 0 Å². The van der Waals surface area contributed by atoms with Gasteiger partial charge < -0.3 is 14.6 Å². The largest absolute Gasteiger partial charge is 0.494 e. The third kappa shape index (κ3) is 3.74. The lowest BCUT2D eigenvalue weighted by atomic mass is 10.2. The molecule has 104 valence electrons. The Bertz CT molecular complexity index is 516. The predicted octanol–water partition coefficient (Wildman–Crippen LogP) is 3.43. The number of aromatic nitrogens is 1. The summed E-state index contributed by atoms with van der Waals surface area (Å²) in [6, 6.07) is 9.02. The van der Waals surface area contributed by atoms with Crippen LogP contribution in [0.25, 0.3) is 10.9 Å². The van der Waals surface area contributed by atoms with Crippen LogP contribution in [0, 0.1) is 0 Å². The van der Waals surface area contributed by atoms with Crippen LogP contribution in [0.5, 0.6) is 5.75 Å². The molecule has 0 spiro atoms. The molecule has 0 amide bonds. The maximum atomic E-state index is 5.66. The summed E-state index contributed by atoms with van der Waals surface area (Å²) in [4.78, 5) is 0. The Balaban J connectivity index is 2.06. The smallest absolute Gasteiger partial charge is 0.120 e. The highest BCUT2D eigenvalue weighted by molar-refractivity contribution is 5.81. The molecular weight excluding hydrogens is 236 g/mol. The first kappa shape index (κ1) is 13.9. The second-order valence-electron chi connectivity index (χ2n) is 5.19. The monoisotopic (exact) mass is 260 g/mol. The van der Waals surface area contributed by atoms with E-state index >= 15 is 0 Å². The number of ether oxygens (including phenoxy) is 1. The Morgan fingerprint density at radius 3 is 2.84 bits per heavy atom. The molecule has 0 saturated carbocycles. The summed E-state index contributed by atoms with van der Waals surface area (Å²) in [5.41, 5.74) is 1.27. The van der Waals surface area contributed by atoms with Crippen LogP contribution in [0.4, 0.5) is 0 Å². The molecule has 0 unspecified atom stereocenters. The topological polar surface area (TPSA) is 26.2 Å². The van der Waals surface area contributed by atoms with Crippen molar-refractivity contribution in [3.8, 4) is 5.75 Å². The van der Waals surface area contributed by atoms with Crippen LogP contribution in [-0.2, 0) is 6.54 Å². The van der Waals surface area contributed by atoms with Crippen molar-refractivity contribution in [1.29, 1.82) is 0 Å². The van der Waals surface area contributed by atoms with E-state index in [1.807, 2.05) is 0 Å². The molecule has 0 aliphatic carbocycles. The zero-order valence-electron chi connectivity index (χ0n) is 12.1. The van der Waals surface area contributed by atoms with Crippen molar-refractivity contribution >= 4 is 10.9 Å². The fraction of sp³-hybridized carbons (Fsp3) is 0.500. The molecule has 2 rings (SSSR count). The van der Waals surface area contributed by atoms with Crippen molar-refractivity contribution in [2.75, 3.05) is 13.2 Å². The van der Waals surface area contributed by atoms with Gasteiger partial charge in [0.05, 0.1) is 6.61 Å². The summed E-state index contributed by atoms with van der Waals surface area (Å²) in [5, 5.41) is 4.69. The fourth-order valence-electron chi connectivity index (χ4n) is 2.16. The van der Waals surface area contributed by atoms with E-state index in [2.05, 4.69) is 61.1 Å². The number of rotatable bonds is 7. The summed E-state index contributed by atoms with van der Waals surface area (Å²) in [7, 11) is 0. The van der Waals surface area contributed by atoms with Gasteiger partial charge in [-0.25, -0.2) is 0 Å². The summed E-state index contributed by atoms with van der Waals surface area (Å²) in [6.07, 6.45) is 3.19. The first-order valence-corrected chi connectivity index (χ1v) is 7.15. The zero-order chi connectivity index (χ0) is 13.7. The van der Waals surface area contributed by atoms with E-state index in [0.717, 1.165) is 31.9 Å². The molecule has 1 aromatic carbocycles. The Morgan fingerprint density at radius 2 is 2.11 bits per heavy atom. The maximum Gasteiger partial charge on any atom is 0.120 e. The van der Waals surface area contributed by atoms with Crippen LogP contribution in [0.15, 0.2) is 30.5 Å². The van der Waals surface area contributed by atoms with E-state index in [9.17, 15) is 0 Å². The molecular formula is C16H24N2O. The molecule has 0 atom stereocenters. The third-order valence-corrected chi connectivity index (χ3v) is 3.12. The summed E-state index contributed by atoms with van der Waals surface area (Å²) < 4.78 is 7.95. The Morgan fingerprint density at radius 1 is 1.26 bits per heavy atom. The normalized spacial score (nSPS) is 11.4. The molecule has 1 N–H and O–H groups in total. The molecule has 1 aromatic heterocycles. The highest BCUT2D eigenvalue weighted by Crippen LogP contribution is 2.22. The lowest BCUT2D eigenvalue weighted by Gasteiger charge is -2.10. The number of nitrogens with zero attached hydrogens (tertiary/aromatic N) is 1. The lowest BCUT2D eigenvalue weighted by molar-refractivity contribution is 0.318. The summed E-state index contributed by atoms with van der Waals surface area (Å²) in [6.45, 7) is 9.24. The number of nitrogens with one attached hydrogen (secondary N) is 1. The number of benzene rings is 1. The van der Waals surface area contributed by atoms with Gasteiger partial charge in [-0.05, 0) is 30.7 Å². The highest BCUT2D eigenvalue weighted by atomic mass is 16.5. The van der Waals surface area contributed by atoms with Crippen molar-refractivity contribution in [2.45, 2.75) is 39.8 Å². The van der Waals surface area contributed by atoms with Crippen LogP contribution in [-0.4, -0.2) is 23.8 Å². The molecule has 1 heterocycles. The molecule has 2 aromatic rings. The molecule has 3 nitrogen and oxygen atoms in total. The lowest BCUT2D eigenvalue weighted by Crippen LogP contribution is -2.26. The second kappa shape index (κ2) is 6.62. The van der Waals surface area contributed by atoms with Gasteiger partial charge in [0.25, 0.3) is 0 Å². The van der Waals surface area contributed by atoms with Crippen LogP contribution < -0.4 is 10.1 Å². The number of hydrogen-bond acceptors (Lipinski definition) is 2. The Hall–Kier alpha value is -1.48. The van der Waals surface area contributed by atoms with E-state index in [-0.39, 0.29) is 0 Å². The second-order valence-corrected chi connectivity index (χ2v) is 5.19. The van der Waals surface area contributed by atoms with Gasteiger partial charge in [-0.15, -0.1) is 0 Å². The van der Waals surface area contributed by atoms with Gasteiger partial charge in [0.1, 0.15) is 5.75 Å². The molecule has 0 radical (unpaired) electrons. The molecule has 0 aliphatic heterocycles. The van der Waals surface area contributed by atoms with E-state index in [1.54, 1.807) is 0 Å². The van der Waals surface area contributed by atoms with Gasteiger partial charge in [0.15, 0.2) is 0 Å². The minimum absolute atomic E-state index is 0.538. The van der Waals surface area contributed by atoms with Gasteiger partial charge >= 0.3 is 0 Å². The van der Waals surface area contributed by atoms with Crippen LogP contribution in [0.3, 0.4) is 0 Å². The van der Waals surface area contributed by atoms with E-state index in [1.165, 1.54) is 10.9 Å². The maximum absolute atomic E-state index is 5.66. The fourth-order valence-corrected chi connectivity index (χ4v) is 2.16. The van der Waals surface area contributed by atoms with Crippen LogP contribution in [0.2, 0.25) is 0 Å². The number of fused-ring (bicyclic) bond motifs is 1. The van der Waals surface area contributed by atoms with Crippen LogP contribution in [0.1, 0.15) is 27.2 Å². The molecule has 0 fully saturated rings. The van der Waals surface area contributed by atoms with Gasteiger partial charge in [0.2, 0.25) is 0 Å². The van der Waals surface area contributed by atoms with Gasteiger partial charge in [-0.2, -0.15) is 0 Å². The molecule has 0 bridgehead atoms. The average molecular weight is 260 g/mol. The summed E-state index contributed by atoms with van der Waals surface area (Å²) in [5.74, 6) is 0.965. The molecule has 0 aliphatic rings. The summed E-state index contributed by atoms with van der Waals surface area (Å²) >= 11 is 0. The van der Waals surface area contributed by atoms with Crippen molar-refractivity contribution in [3.63, 3.8) is 0 Å². The van der Waals surface area contributed by atoms with Gasteiger partial charge in [-0.3, -0.25) is 0 Å². The van der Waals surface area contributed by atoms with Crippen LogP contribution >= 0.6 is 0 Å². The third-order valence-electron chi connectivity index (χ3n) is 3.12. The molecule has 3 heteroatoms. The molecule has 0 saturated heterocycles. The van der Waals surface area contributed by atoms with Crippen molar-refractivity contribution in [3.05, 3.63) is 30.5 Å². The zero-order valence-corrected chi connectivity index (χ0v) is 12.1. The van der Waals surface area contributed by atoms with E-state index in [4.69, 9.17) is 4.74 Å².